The van der Waals surface area contributed by atoms with Crippen molar-refractivity contribution in [1.82, 2.24) is 15.0 Å². The highest BCUT2D eigenvalue weighted by Gasteiger charge is 2.49. The third kappa shape index (κ3) is 4.29. The molecule has 0 saturated carbocycles. The first-order valence-electron chi connectivity index (χ1n) is 17.1. The number of fused-ring (bicyclic) bond motifs is 12. The highest BCUT2D eigenvalue weighted by molar-refractivity contribution is 5.97. The minimum atomic E-state index is -0.578. The summed E-state index contributed by atoms with van der Waals surface area (Å²) in [5, 5.41) is 9.45. The van der Waals surface area contributed by atoms with Crippen LogP contribution in [0.15, 0.2) is 170 Å². The largest absolute Gasteiger partial charge is 0.265 e. The van der Waals surface area contributed by atoms with E-state index in [4.69, 9.17) is 9.97 Å². The quantitative estimate of drug-likeness (QED) is 0.191. The molecule has 2 aliphatic rings. The minimum Gasteiger partial charge on any atom is -0.265 e. The molecule has 2 aliphatic carbocycles. The second-order valence-corrected chi connectivity index (χ2v) is 13.1. The first kappa shape index (κ1) is 29.0. The van der Waals surface area contributed by atoms with E-state index in [-0.39, 0.29) is 0 Å². The molecule has 236 valence electrons. The number of pyridine rings is 1. The summed E-state index contributed by atoms with van der Waals surface area (Å²) in [4.78, 5) is 14.5. The van der Waals surface area contributed by atoms with Crippen LogP contribution in [0.1, 0.15) is 27.8 Å². The Hall–Kier alpha value is -6.96. The predicted octanol–water partition coefficient (Wildman–Crippen LogP) is 10.8. The van der Waals surface area contributed by atoms with Crippen LogP contribution in [-0.4, -0.2) is 15.0 Å². The van der Waals surface area contributed by atoms with Gasteiger partial charge in [-0.2, -0.15) is 5.26 Å². The Morgan fingerprint density at radius 1 is 0.412 bits per heavy atom. The lowest BCUT2D eigenvalue weighted by Gasteiger charge is -2.35. The van der Waals surface area contributed by atoms with E-state index < -0.39 is 5.41 Å². The second kappa shape index (κ2) is 11.3. The van der Waals surface area contributed by atoms with E-state index in [0.717, 1.165) is 28.1 Å². The van der Waals surface area contributed by atoms with Crippen molar-refractivity contribution in [2.24, 2.45) is 0 Å². The summed E-state index contributed by atoms with van der Waals surface area (Å²) in [5.41, 5.74) is 16.9. The molecule has 0 saturated heterocycles. The molecule has 0 fully saturated rings. The molecule has 0 N–H and O–H groups in total. The zero-order chi connectivity index (χ0) is 33.9. The van der Waals surface area contributed by atoms with Gasteiger partial charge in [-0.15, -0.1) is 0 Å². The van der Waals surface area contributed by atoms with Crippen LogP contribution in [0.4, 0.5) is 0 Å². The van der Waals surface area contributed by atoms with Crippen LogP contribution in [-0.2, 0) is 5.41 Å². The van der Waals surface area contributed by atoms with Crippen LogP contribution in [0.2, 0.25) is 0 Å². The summed E-state index contributed by atoms with van der Waals surface area (Å²) in [6.07, 6.45) is 3.57. The monoisotopic (exact) mass is 648 g/mol. The molecular weight excluding hydrogens is 621 g/mol. The summed E-state index contributed by atoms with van der Waals surface area (Å²) in [6.45, 7) is 0. The summed E-state index contributed by atoms with van der Waals surface area (Å²) in [6, 6.07) is 58.1. The predicted molar refractivity (Wildman–Crippen MR) is 203 cm³/mol. The van der Waals surface area contributed by atoms with Gasteiger partial charge < -0.3 is 0 Å². The van der Waals surface area contributed by atoms with Gasteiger partial charge in [-0.3, -0.25) is 4.98 Å². The van der Waals surface area contributed by atoms with Crippen molar-refractivity contribution in [2.75, 3.05) is 0 Å². The fourth-order valence-corrected chi connectivity index (χ4v) is 8.30. The first-order valence-corrected chi connectivity index (χ1v) is 17.1. The molecule has 4 nitrogen and oxygen atoms in total. The van der Waals surface area contributed by atoms with Crippen molar-refractivity contribution >= 4 is 0 Å². The molecule has 1 spiro atoms. The Morgan fingerprint density at radius 2 is 0.882 bits per heavy atom. The standard InChI is InChI=1S/C47H28N4/c48-29-30-17-19-32(20-18-30)46-50-44(31-23-25-49-26-24-31)28-45(51-46)33-21-22-39-35-10-2-1-9-34(35)36-11-3-6-14-40(36)47(43(39)27-33)41-15-7-4-12-37(41)38-13-5-8-16-42(38)47/h1-28H. The number of nitrogens with zero attached hydrogens (tertiary/aromatic N) is 4. The fourth-order valence-electron chi connectivity index (χ4n) is 8.30. The van der Waals surface area contributed by atoms with E-state index in [0.29, 0.717) is 11.4 Å². The molecule has 8 aromatic rings. The van der Waals surface area contributed by atoms with Crippen molar-refractivity contribution in [3.05, 3.63) is 198 Å². The Bertz CT molecular complexity index is 2660. The lowest BCUT2D eigenvalue weighted by molar-refractivity contribution is 0.775. The van der Waals surface area contributed by atoms with Crippen molar-refractivity contribution < 1.29 is 0 Å². The summed E-state index contributed by atoms with van der Waals surface area (Å²) < 4.78 is 0. The normalized spacial score (nSPS) is 12.8. The summed E-state index contributed by atoms with van der Waals surface area (Å²) >= 11 is 0. The molecule has 0 atom stereocenters. The first-order chi connectivity index (χ1) is 25.2. The Labute approximate surface area is 296 Å². The van der Waals surface area contributed by atoms with E-state index in [1.54, 1.807) is 12.4 Å². The van der Waals surface area contributed by atoms with Gasteiger partial charge in [0.15, 0.2) is 5.82 Å². The van der Waals surface area contributed by atoms with Gasteiger partial charge in [0.05, 0.1) is 28.4 Å². The van der Waals surface area contributed by atoms with Crippen LogP contribution >= 0.6 is 0 Å². The van der Waals surface area contributed by atoms with Gasteiger partial charge in [0.2, 0.25) is 0 Å². The second-order valence-electron chi connectivity index (χ2n) is 13.1. The van der Waals surface area contributed by atoms with Crippen molar-refractivity contribution in [2.45, 2.75) is 5.41 Å². The highest BCUT2D eigenvalue weighted by atomic mass is 14.9. The molecular formula is C47H28N4. The molecule has 0 aliphatic heterocycles. The zero-order valence-corrected chi connectivity index (χ0v) is 27.5. The van der Waals surface area contributed by atoms with Crippen molar-refractivity contribution in [1.29, 1.82) is 5.26 Å². The smallest absolute Gasteiger partial charge is 0.160 e. The number of benzene rings is 6. The van der Waals surface area contributed by atoms with Gasteiger partial charge in [-0.1, -0.05) is 109 Å². The Morgan fingerprint density at radius 3 is 1.45 bits per heavy atom. The molecule has 51 heavy (non-hydrogen) atoms. The maximum absolute atomic E-state index is 9.45. The molecule has 2 aromatic heterocycles. The average molecular weight is 649 g/mol. The van der Waals surface area contributed by atoms with Crippen molar-refractivity contribution in [3.8, 4) is 73.4 Å². The molecule has 0 bridgehead atoms. The number of nitriles is 1. The van der Waals surface area contributed by atoms with Crippen LogP contribution in [0.3, 0.4) is 0 Å². The summed E-state index contributed by atoms with van der Waals surface area (Å²) in [7, 11) is 0. The maximum atomic E-state index is 9.45. The van der Waals surface area contributed by atoms with Gasteiger partial charge in [-0.25, -0.2) is 9.97 Å². The van der Waals surface area contributed by atoms with Crippen molar-refractivity contribution in [3.63, 3.8) is 0 Å². The van der Waals surface area contributed by atoms with Crippen LogP contribution in [0, 0.1) is 11.3 Å². The van der Waals surface area contributed by atoms with E-state index in [2.05, 4.69) is 132 Å². The van der Waals surface area contributed by atoms with E-state index >= 15 is 0 Å². The lowest BCUT2D eigenvalue weighted by Crippen LogP contribution is -2.29. The molecule has 0 unspecified atom stereocenters. The van der Waals surface area contributed by atoms with Crippen LogP contribution in [0.5, 0.6) is 0 Å². The van der Waals surface area contributed by atoms with Gasteiger partial charge in [0.1, 0.15) is 0 Å². The van der Waals surface area contributed by atoms with Crippen LogP contribution < -0.4 is 0 Å². The zero-order valence-electron chi connectivity index (χ0n) is 27.5. The minimum absolute atomic E-state index is 0.578. The molecule has 0 radical (unpaired) electrons. The Kier molecular flexibility index (Phi) is 6.43. The third-order valence-corrected chi connectivity index (χ3v) is 10.5. The van der Waals surface area contributed by atoms with Crippen LogP contribution in [0.25, 0.3) is 67.3 Å². The number of rotatable bonds is 3. The molecule has 2 heterocycles. The highest BCUT2D eigenvalue weighted by Crippen LogP contribution is 2.61. The lowest BCUT2D eigenvalue weighted by atomic mass is 9.65. The molecule has 0 amide bonds. The third-order valence-electron chi connectivity index (χ3n) is 10.5. The topological polar surface area (TPSA) is 62.5 Å². The van der Waals surface area contributed by atoms with E-state index in [1.807, 2.05) is 36.4 Å². The Balaban J connectivity index is 1.30. The summed E-state index contributed by atoms with van der Waals surface area (Å²) in [5.74, 6) is 0.598. The number of hydrogen-bond donors (Lipinski definition) is 0. The average Bonchev–Trinajstić information content (AvgIpc) is 3.46. The molecule has 4 heteroatoms. The van der Waals surface area contributed by atoms with Gasteiger partial charge >= 0.3 is 0 Å². The number of aromatic nitrogens is 3. The van der Waals surface area contributed by atoms with E-state index in [1.165, 1.54) is 55.6 Å². The van der Waals surface area contributed by atoms with E-state index in [9.17, 15) is 5.26 Å². The number of hydrogen-bond acceptors (Lipinski definition) is 4. The van der Waals surface area contributed by atoms with Gasteiger partial charge in [0.25, 0.3) is 0 Å². The molecule has 6 aromatic carbocycles. The fraction of sp³-hybridized carbons (Fsp3) is 0.0213. The SMILES string of the molecule is N#Cc1ccc(-c2nc(-c3ccncc3)cc(-c3ccc4c(c3)C3(c5ccccc5-c5ccccc5-4)c4ccccc4-c4ccccc43)n2)cc1. The van der Waals surface area contributed by atoms with Gasteiger partial charge in [0, 0.05) is 29.1 Å². The molecule has 10 rings (SSSR count). The maximum Gasteiger partial charge on any atom is 0.160 e. The van der Waals surface area contributed by atoms with Gasteiger partial charge in [-0.05, 0) is 104 Å².